The molecule has 3 amide bonds. The first-order valence-corrected chi connectivity index (χ1v) is 11.5. The highest BCUT2D eigenvalue weighted by Gasteiger charge is 2.45. The molecule has 0 aromatic heterocycles. The van der Waals surface area contributed by atoms with Crippen molar-refractivity contribution in [2.75, 3.05) is 19.8 Å². The van der Waals surface area contributed by atoms with Crippen molar-refractivity contribution in [3.63, 3.8) is 0 Å². The molecule has 0 radical (unpaired) electrons. The zero-order chi connectivity index (χ0) is 24.5. The number of aliphatic carboxylic acids is 1. The van der Waals surface area contributed by atoms with Crippen LogP contribution < -0.4 is 10.7 Å². The molecule has 10 nitrogen and oxygen atoms in total. The molecule has 0 bridgehead atoms. The molecule has 1 aliphatic carbocycles. The second-order valence-electron chi connectivity index (χ2n) is 8.85. The fourth-order valence-corrected chi connectivity index (χ4v) is 5.05. The Hall–Kier alpha value is -3.92. The Kier molecular flexibility index (Phi) is 6.12. The fourth-order valence-electron chi connectivity index (χ4n) is 5.05. The van der Waals surface area contributed by atoms with Gasteiger partial charge in [-0.3, -0.25) is 15.0 Å². The molecule has 3 aliphatic rings. The zero-order valence-electron chi connectivity index (χ0n) is 18.8. The molecule has 2 aromatic rings. The number of carbonyl (C=O) groups is 4. The van der Waals surface area contributed by atoms with Gasteiger partial charge in [0.2, 0.25) is 5.91 Å². The number of carboxylic acids is 1. The van der Waals surface area contributed by atoms with Crippen LogP contribution in [0.5, 0.6) is 0 Å². The van der Waals surface area contributed by atoms with Crippen molar-refractivity contribution in [1.82, 2.24) is 15.8 Å². The summed E-state index contributed by atoms with van der Waals surface area (Å²) in [6, 6.07) is 14.8. The van der Waals surface area contributed by atoms with Gasteiger partial charge in [0.05, 0.1) is 6.42 Å². The van der Waals surface area contributed by atoms with Gasteiger partial charge >= 0.3 is 12.1 Å². The van der Waals surface area contributed by atoms with Crippen molar-refractivity contribution in [2.45, 2.75) is 30.9 Å². The summed E-state index contributed by atoms with van der Waals surface area (Å²) in [4.78, 5) is 48.4. The van der Waals surface area contributed by atoms with Crippen LogP contribution in [0.25, 0.3) is 11.1 Å². The van der Waals surface area contributed by atoms with Crippen LogP contribution in [0.2, 0.25) is 0 Å². The highest BCUT2D eigenvalue weighted by atomic mass is 16.5. The molecule has 5 rings (SSSR count). The second kappa shape index (κ2) is 9.38. The summed E-state index contributed by atoms with van der Waals surface area (Å²) >= 11 is 0. The number of benzene rings is 2. The lowest BCUT2D eigenvalue weighted by Gasteiger charge is -2.26. The number of hydrogen-bond acceptors (Lipinski definition) is 6. The third-order valence-corrected chi connectivity index (χ3v) is 6.77. The van der Waals surface area contributed by atoms with Crippen molar-refractivity contribution in [3.8, 4) is 11.1 Å². The van der Waals surface area contributed by atoms with Crippen molar-refractivity contribution < 1.29 is 33.8 Å². The Balaban J connectivity index is 1.18. The summed E-state index contributed by atoms with van der Waals surface area (Å²) < 4.78 is 11.1. The van der Waals surface area contributed by atoms with Crippen molar-refractivity contribution >= 4 is 23.9 Å². The fraction of sp³-hybridized carbons (Fsp3) is 0.360. The summed E-state index contributed by atoms with van der Waals surface area (Å²) in [5, 5.41) is 12.8. The van der Waals surface area contributed by atoms with E-state index in [1.807, 2.05) is 36.4 Å². The van der Waals surface area contributed by atoms with Crippen LogP contribution in [0.3, 0.4) is 0 Å². The molecule has 2 aromatic carbocycles. The van der Waals surface area contributed by atoms with E-state index in [1.165, 1.54) is 0 Å². The van der Waals surface area contributed by atoms with Gasteiger partial charge in [-0.2, -0.15) is 0 Å². The first-order valence-electron chi connectivity index (χ1n) is 11.5. The average Bonchev–Trinajstić information content (AvgIpc) is 3.57. The van der Waals surface area contributed by atoms with Crippen LogP contribution in [0.15, 0.2) is 48.5 Å². The number of rotatable bonds is 6. The van der Waals surface area contributed by atoms with E-state index in [4.69, 9.17) is 9.47 Å². The van der Waals surface area contributed by atoms with Crippen molar-refractivity contribution in [1.29, 1.82) is 0 Å². The molecule has 2 saturated heterocycles. The maximum atomic E-state index is 12.9. The zero-order valence-corrected chi connectivity index (χ0v) is 18.8. The Morgan fingerprint density at radius 3 is 2.40 bits per heavy atom. The van der Waals surface area contributed by atoms with Gasteiger partial charge in [-0.05, 0) is 28.7 Å². The molecule has 2 fully saturated rings. The third kappa shape index (κ3) is 4.32. The maximum Gasteiger partial charge on any atom is 0.407 e. The standard InChI is InChI=1S/C25H25N3O7/c29-21-11-20(24(31)32)28(27-21)23(30)22-14(9-10-34-22)12-26-25(33)35-13-19-17-7-3-1-5-15(17)16-6-2-4-8-18(16)19/h1-8,14,19-20,22H,9-13H2,(H,26,33)(H,27,29)(H,31,32)/t14-,20?,22-/m0/s1. The summed E-state index contributed by atoms with van der Waals surface area (Å²) in [6.07, 6.45) is -1.39. The molecule has 3 atom stereocenters. The SMILES string of the molecule is O=C1CC(C(=O)O)N(C(=O)[C@H]2OCC[C@H]2CNC(=O)OCC2c3ccccc3-c3ccccc32)N1. The quantitative estimate of drug-likeness (QED) is 0.573. The summed E-state index contributed by atoms with van der Waals surface area (Å²) in [5.41, 5.74) is 6.77. The van der Waals surface area contributed by atoms with Crippen LogP contribution in [0.4, 0.5) is 4.79 Å². The number of carboxylic acid groups (broad SMARTS) is 1. The van der Waals surface area contributed by atoms with Crippen LogP contribution in [0.1, 0.15) is 29.9 Å². The lowest BCUT2D eigenvalue weighted by molar-refractivity contribution is -0.156. The largest absolute Gasteiger partial charge is 0.480 e. The van der Waals surface area contributed by atoms with E-state index in [1.54, 1.807) is 0 Å². The highest BCUT2D eigenvalue weighted by molar-refractivity contribution is 5.95. The van der Waals surface area contributed by atoms with Gasteiger partial charge in [-0.25, -0.2) is 14.6 Å². The number of amides is 3. The maximum absolute atomic E-state index is 12.9. The van der Waals surface area contributed by atoms with Gasteiger partial charge in [0.25, 0.3) is 5.91 Å². The number of ether oxygens (including phenoxy) is 2. The van der Waals surface area contributed by atoms with E-state index in [9.17, 15) is 24.3 Å². The minimum Gasteiger partial charge on any atom is -0.480 e. The number of nitrogens with zero attached hydrogens (tertiary/aromatic N) is 1. The summed E-state index contributed by atoms with van der Waals surface area (Å²) in [5.74, 6) is -2.90. The van der Waals surface area contributed by atoms with Gasteiger partial charge in [0.1, 0.15) is 12.7 Å². The number of alkyl carbamates (subject to hydrolysis) is 1. The topological polar surface area (TPSA) is 134 Å². The molecule has 2 aliphatic heterocycles. The monoisotopic (exact) mass is 479 g/mol. The second-order valence-corrected chi connectivity index (χ2v) is 8.85. The van der Waals surface area contributed by atoms with E-state index in [-0.39, 0.29) is 38.0 Å². The van der Waals surface area contributed by atoms with E-state index >= 15 is 0 Å². The minimum absolute atomic E-state index is 0.0657. The van der Waals surface area contributed by atoms with E-state index in [2.05, 4.69) is 22.9 Å². The van der Waals surface area contributed by atoms with E-state index in [0.29, 0.717) is 6.42 Å². The number of carbonyl (C=O) groups excluding carboxylic acids is 3. The third-order valence-electron chi connectivity index (χ3n) is 6.77. The Morgan fingerprint density at radius 2 is 1.74 bits per heavy atom. The highest BCUT2D eigenvalue weighted by Crippen LogP contribution is 2.44. The minimum atomic E-state index is -1.28. The van der Waals surface area contributed by atoms with Crippen LogP contribution >= 0.6 is 0 Å². The van der Waals surface area contributed by atoms with E-state index < -0.39 is 36.0 Å². The molecule has 1 unspecified atom stereocenters. The van der Waals surface area contributed by atoms with Gasteiger partial charge in [0.15, 0.2) is 6.04 Å². The van der Waals surface area contributed by atoms with Crippen molar-refractivity contribution in [3.05, 3.63) is 59.7 Å². The summed E-state index contributed by atoms with van der Waals surface area (Å²) in [6.45, 7) is 0.572. The normalized spacial score (nSPS) is 22.9. The number of hydrogen-bond donors (Lipinski definition) is 3. The Labute approximate surface area is 201 Å². The average molecular weight is 479 g/mol. The predicted octanol–water partition coefficient (Wildman–Crippen LogP) is 1.65. The van der Waals surface area contributed by atoms with Gasteiger partial charge in [-0.15, -0.1) is 0 Å². The molecule has 0 spiro atoms. The summed E-state index contributed by atoms with van der Waals surface area (Å²) in [7, 11) is 0. The molecular weight excluding hydrogens is 454 g/mol. The van der Waals surface area contributed by atoms with Gasteiger partial charge in [0, 0.05) is 25.0 Å². The molecular formula is C25H25N3O7. The Bertz CT molecular complexity index is 1140. The molecule has 2 heterocycles. The van der Waals surface area contributed by atoms with Crippen LogP contribution in [0, 0.1) is 5.92 Å². The molecule has 10 heteroatoms. The van der Waals surface area contributed by atoms with E-state index in [0.717, 1.165) is 27.3 Å². The molecule has 3 N–H and O–H groups in total. The molecule has 0 saturated carbocycles. The lowest BCUT2D eigenvalue weighted by Crippen LogP contribution is -2.52. The first-order chi connectivity index (χ1) is 16.9. The van der Waals surface area contributed by atoms with Crippen LogP contribution in [-0.4, -0.2) is 65.9 Å². The number of fused-ring (bicyclic) bond motifs is 3. The predicted molar refractivity (Wildman–Crippen MR) is 122 cm³/mol. The Morgan fingerprint density at radius 1 is 1.09 bits per heavy atom. The smallest absolute Gasteiger partial charge is 0.407 e. The number of nitrogens with one attached hydrogen (secondary N) is 2. The van der Waals surface area contributed by atoms with Crippen molar-refractivity contribution in [2.24, 2.45) is 5.92 Å². The van der Waals surface area contributed by atoms with Crippen LogP contribution in [-0.2, 0) is 23.9 Å². The molecule has 35 heavy (non-hydrogen) atoms. The van der Waals surface area contributed by atoms with Gasteiger partial charge in [-0.1, -0.05) is 48.5 Å². The first kappa shape index (κ1) is 22.9. The lowest BCUT2D eigenvalue weighted by atomic mass is 9.98. The van der Waals surface area contributed by atoms with Gasteiger partial charge < -0.3 is 19.9 Å². The number of hydrazine groups is 1. The molecule has 182 valence electrons.